The van der Waals surface area contributed by atoms with Crippen molar-refractivity contribution < 1.29 is 4.79 Å². The van der Waals surface area contributed by atoms with E-state index in [1.165, 1.54) is 0 Å². The molecule has 0 aliphatic carbocycles. The zero-order valence-electron chi connectivity index (χ0n) is 9.99. The lowest BCUT2D eigenvalue weighted by atomic mass is 10.0. The molecule has 1 saturated heterocycles. The van der Waals surface area contributed by atoms with Crippen molar-refractivity contribution in [2.45, 2.75) is 19.8 Å². The summed E-state index contributed by atoms with van der Waals surface area (Å²) < 4.78 is 0. The van der Waals surface area contributed by atoms with E-state index in [0.717, 1.165) is 48.5 Å². The van der Waals surface area contributed by atoms with Crippen LogP contribution < -0.4 is 10.2 Å². The van der Waals surface area contributed by atoms with Gasteiger partial charge < -0.3 is 10.2 Å². The maximum atomic E-state index is 12.4. The number of fused-ring (bicyclic) bond motifs is 1. The first-order valence-corrected chi connectivity index (χ1v) is 6.21. The molecule has 0 unspecified atom stereocenters. The molecule has 1 fully saturated rings. The van der Waals surface area contributed by atoms with Crippen molar-refractivity contribution in [3.63, 3.8) is 0 Å². The Morgan fingerprint density at radius 3 is 2.88 bits per heavy atom. The molecule has 0 bridgehead atoms. The molecule has 1 aromatic rings. The van der Waals surface area contributed by atoms with Gasteiger partial charge in [0.25, 0.3) is 5.91 Å². The van der Waals surface area contributed by atoms with Crippen molar-refractivity contribution in [2.75, 3.05) is 18.0 Å². The second kappa shape index (κ2) is 3.91. The van der Waals surface area contributed by atoms with Crippen LogP contribution in [0.15, 0.2) is 30.0 Å². The minimum Gasteiger partial charge on any atom is -0.388 e. The maximum Gasteiger partial charge on any atom is 0.260 e. The van der Waals surface area contributed by atoms with Gasteiger partial charge in [-0.25, -0.2) is 0 Å². The van der Waals surface area contributed by atoms with Gasteiger partial charge in [0, 0.05) is 24.4 Å². The summed E-state index contributed by atoms with van der Waals surface area (Å²) in [5.74, 6) is 0.151. The third-order valence-corrected chi connectivity index (χ3v) is 3.48. The van der Waals surface area contributed by atoms with Crippen LogP contribution in [-0.4, -0.2) is 19.0 Å². The van der Waals surface area contributed by atoms with Gasteiger partial charge in [-0.05, 0) is 25.8 Å². The molecule has 1 amide bonds. The van der Waals surface area contributed by atoms with Crippen LogP contribution in [0.1, 0.15) is 25.3 Å². The summed E-state index contributed by atoms with van der Waals surface area (Å²) >= 11 is 0. The molecule has 3 rings (SSSR count). The number of hydrogen-bond donors (Lipinski definition) is 1. The first-order valence-electron chi connectivity index (χ1n) is 6.21. The number of allylic oxidation sites excluding steroid dienone is 1. The van der Waals surface area contributed by atoms with Crippen molar-refractivity contribution in [2.24, 2.45) is 0 Å². The lowest BCUT2D eigenvalue weighted by Gasteiger charge is -2.13. The Balaban J connectivity index is 2.18. The molecule has 1 N–H and O–H groups in total. The van der Waals surface area contributed by atoms with Crippen molar-refractivity contribution in [3.05, 3.63) is 35.5 Å². The highest BCUT2D eigenvalue weighted by atomic mass is 16.2. The minimum atomic E-state index is 0.151. The first kappa shape index (κ1) is 10.4. The highest BCUT2D eigenvalue weighted by Gasteiger charge is 2.33. The van der Waals surface area contributed by atoms with Gasteiger partial charge in [0.1, 0.15) is 0 Å². The van der Waals surface area contributed by atoms with Gasteiger partial charge in [-0.1, -0.05) is 18.2 Å². The monoisotopic (exact) mass is 228 g/mol. The molecule has 0 saturated carbocycles. The molecule has 2 heterocycles. The Morgan fingerprint density at radius 1 is 1.35 bits per heavy atom. The van der Waals surface area contributed by atoms with Crippen LogP contribution >= 0.6 is 0 Å². The quantitative estimate of drug-likeness (QED) is 0.747. The molecule has 88 valence electrons. The Bertz CT molecular complexity index is 497. The molecule has 1 aromatic carbocycles. The number of anilines is 1. The van der Waals surface area contributed by atoms with Crippen molar-refractivity contribution in [1.82, 2.24) is 5.32 Å². The third-order valence-electron chi connectivity index (χ3n) is 3.48. The molecule has 2 aliphatic rings. The maximum absolute atomic E-state index is 12.4. The van der Waals surface area contributed by atoms with Gasteiger partial charge in [0.15, 0.2) is 0 Å². The van der Waals surface area contributed by atoms with E-state index in [2.05, 4.69) is 5.32 Å². The summed E-state index contributed by atoms with van der Waals surface area (Å²) in [5.41, 5.74) is 4.15. The van der Waals surface area contributed by atoms with Crippen LogP contribution in [0.4, 0.5) is 5.69 Å². The van der Waals surface area contributed by atoms with Gasteiger partial charge in [0.05, 0.1) is 11.3 Å². The smallest absolute Gasteiger partial charge is 0.260 e. The molecule has 0 aromatic heterocycles. The SMILES string of the molecule is CCN1C(=O)/C(=C2\CCCN2)c2ccccc21. The topological polar surface area (TPSA) is 32.3 Å². The largest absolute Gasteiger partial charge is 0.388 e. The summed E-state index contributed by atoms with van der Waals surface area (Å²) in [6.07, 6.45) is 2.12. The van der Waals surface area contributed by atoms with E-state index in [-0.39, 0.29) is 5.91 Å². The Kier molecular flexibility index (Phi) is 2.39. The molecule has 0 spiro atoms. The number of nitrogens with one attached hydrogen (secondary N) is 1. The summed E-state index contributed by atoms with van der Waals surface area (Å²) in [5, 5.41) is 3.35. The van der Waals surface area contributed by atoms with E-state index in [1.54, 1.807) is 0 Å². The van der Waals surface area contributed by atoms with E-state index in [1.807, 2.05) is 36.1 Å². The number of carbonyl (C=O) groups is 1. The van der Waals surface area contributed by atoms with E-state index in [0.29, 0.717) is 0 Å². The summed E-state index contributed by atoms with van der Waals surface area (Å²) in [7, 11) is 0. The van der Waals surface area contributed by atoms with Gasteiger partial charge in [-0.15, -0.1) is 0 Å². The zero-order chi connectivity index (χ0) is 11.8. The standard InChI is InChI=1S/C14H16N2O/c1-2-16-12-8-4-3-6-10(12)13(14(16)17)11-7-5-9-15-11/h3-4,6,8,15H,2,5,7,9H2,1H3/b13-11+. The average Bonchev–Trinajstić information content (AvgIpc) is 2.93. The average molecular weight is 228 g/mol. The number of carbonyl (C=O) groups excluding carboxylic acids is 1. The lowest BCUT2D eigenvalue weighted by molar-refractivity contribution is -0.113. The Hall–Kier alpha value is -1.77. The van der Waals surface area contributed by atoms with Crippen molar-refractivity contribution in [3.8, 4) is 0 Å². The molecular weight excluding hydrogens is 212 g/mol. The number of nitrogens with zero attached hydrogens (tertiary/aromatic N) is 1. The Labute approximate surface area is 101 Å². The molecule has 0 atom stereocenters. The molecule has 2 aliphatic heterocycles. The summed E-state index contributed by atoms with van der Waals surface area (Å²) in [4.78, 5) is 14.3. The van der Waals surface area contributed by atoms with Crippen LogP contribution in [0, 0.1) is 0 Å². The molecule has 0 radical (unpaired) electrons. The second-order valence-corrected chi connectivity index (χ2v) is 4.45. The minimum absolute atomic E-state index is 0.151. The van der Waals surface area contributed by atoms with E-state index in [9.17, 15) is 4.79 Å². The number of rotatable bonds is 1. The second-order valence-electron chi connectivity index (χ2n) is 4.45. The summed E-state index contributed by atoms with van der Waals surface area (Å²) in [6, 6.07) is 8.07. The first-order chi connectivity index (χ1) is 8.33. The molecule has 3 nitrogen and oxygen atoms in total. The van der Waals surface area contributed by atoms with Crippen LogP contribution in [0.3, 0.4) is 0 Å². The number of para-hydroxylation sites is 1. The molecular formula is C14H16N2O. The third kappa shape index (κ3) is 1.46. The number of hydrogen-bond acceptors (Lipinski definition) is 2. The highest BCUT2D eigenvalue weighted by molar-refractivity contribution is 6.33. The molecule has 3 heteroatoms. The number of amides is 1. The zero-order valence-corrected chi connectivity index (χ0v) is 9.99. The fraction of sp³-hybridized carbons (Fsp3) is 0.357. The van der Waals surface area contributed by atoms with E-state index in [4.69, 9.17) is 0 Å². The van der Waals surface area contributed by atoms with Crippen LogP contribution in [0.5, 0.6) is 0 Å². The normalized spacial score (nSPS) is 22.9. The molecule has 17 heavy (non-hydrogen) atoms. The fourth-order valence-electron chi connectivity index (χ4n) is 2.69. The van der Waals surface area contributed by atoms with Crippen molar-refractivity contribution in [1.29, 1.82) is 0 Å². The number of benzene rings is 1. The predicted octanol–water partition coefficient (Wildman–Crippen LogP) is 2.15. The highest BCUT2D eigenvalue weighted by Crippen LogP contribution is 2.38. The van der Waals surface area contributed by atoms with Crippen LogP contribution in [0.25, 0.3) is 5.57 Å². The van der Waals surface area contributed by atoms with Crippen LogP contribution in [-0.2, 0) is 4.79 Å². The summed E-state index contributed by atoms with van der Waals surface area (Å²) in [6.45, 7) is 3.73. The Morgan fingerprint density at radius 2 is 2.18 bits per heavy atom. The number of likely N-dealkylation sites (N-methyl/N-ethyl adjacent to an activating group) is 1. The predicted molar refractivity (Wildman–Crippen MR) is 68.6 cm³/mol. The van der Waals surface area contributed by atoms with Gasteiger partial charge in [0.2, 0.25) is 0 Å². The van der Waals surface area contributed by atoms with Crippen LogP contribution in [0.2, 0.25) is 0 Å². The van der Waals surface area contributed by atoms with Crippen molar-refractivity contribution >= 4 is 17.2 Å². The van der Waals surface area contributed by atoms with E-state index < -0.39 is 0 Å². The van der Waals surface area contributed by atoms with Gasteiger partial charge >= 0.3 is 0 Å². The van der Waals surface area contributed by atoms with Gasteiger partial charge in [-0.2, -0.15) is 0 Å². The van der Waals surface area contributed by atoms with E-state index >= 15 is 0 Å². The lowest BCUT2D eigenvalue weighted by Crippen LogP contribution is -2.26. The fourth-order valence-corrected chi connectivity index (χ4v) is 2.69. The van der Waals surface area contributed by atoms with Gasteiger partial charge in [-0.3, -0.25) is 4.79 Å².